The Kier molecular flexibility index (Phi) is 6.94. The minimum absolute atomic E-state index is 0.203. The lowest BCUT2D eigenvalue weighted by atomic mass is 10.1. The largest absolute Gasteiger partial charge is 0.490 e. The maximum absolute atomic E-state index is 13.2. The van der Waals surface area contributed by atoms with E-state index >= 15 is 0 Å². The molecule has 9 heteroatoms. The van der Waals surface area contributed by atoms with Crippen LogP contribution >= 0.6 is 0 Å². The number of benzene rings is 2. The first-order valence-electron chi connectivity index (χ1n) is 9.84. The summed E-state index contributed by atoms with van der Waals surface area (Å²) in [6.45, 7) is 1.13. The molecule has 0 radical (unpaired) electrons. The highest BCUT2D eigenvalue weighted by Crippen LogP contribution is 2.41. The first kappa shape index (κ1) is 22.7. The Morgan fingerprint density at radius 1 is 1.06 bits per heavy atom. The zero-order chi connectivity index (χ0) is 22.6. The Labute approximate surface area is 176 Å². The van der Waals surface area contributed by atoms with Crippen molar-refractivity contribution in [2.45, 2.75) is 37.4 Å². The van der Waals surface area contributed by atoms with E-state index in [9.17, 15) is 22.4 Å². The van der Waals surface area contributed by atoms with Crippen LogP contribution < -0.4 is 10.6 Å². The molecule has 3 N–H and O–H groups in total. The lowest BCUT2D eigenvalue weighted by Gasteiger charge is -2.08. The lowest BCUT2D eigenvalue weighted by molar-refractivity contribution is -0.192. The molecule has 2 aromatic carbocycles. The van der Waals surface area contributed by atoms with Crippen LogP contribution in [0.3, 0.4) is 0 Å². The number of anilines is 1. The molecule has 0 heterocycles. The van der Waals surface area contributed by atoms with Crippen molar-refractivity contribution in [3.05, 3.63) is 65.5 Å². The SMILES string of the molecule is O=C(Nc1cccc(F)c1)c1cccc([C@@H]2C[C@H]2NCC2CC2)c1.O=C(O)C(F)(F)F. The number of hydrogen-bond donors (Lipinski definition) is 3. The zero-order valence-corrected chi connectivity index (χ0v) is 16.5. The highest BCUT2D eigenvalue weighted by molar-refractivity contribution is 6.04. The van der Waals surface area contributed by atoms with Gasteiger partial charge in [-0.05, 0) is 67.6 Å². The zero-order valence-electron chi connectivity index (χ0n) is 16.5. The van der Waals surface area contributed by atoms with Gasteiger partial charge in [-0.15, -0.1) is 0 Å². The number of hydrogen-bond acceptors (Lipinski definition) is 3. The molecule has 2 fully saturated rings. The molecule has 5 nitrogen and oxygen atoms in total. The first-order chi connectivity index (χ1) is 14.6. The van der Waals surface area contributed by atoms with E-state index in [4.69, 9.17) is 9.90 Å². The molecule has 31 heavy (non-hydrogen) atoms. The van der Waals surface area contributed by atoms with Crippen molar-refractivity contribution in [1.82, 2.24) is 5.32 Å². The Bertz CT molecular complexity index is 944. The Hall–Kier alpha value is -2.94. The van der Waals surface area contributed by atoms with Crippen LogP contribution in [0.5, 0.6) is 0 Å². The molecule has 0 aliphatic heterocycles. The summed E-state index contributed by atoms with van der Waals surface area (Å²) >= 11 is 0. The summed E-state index contributed by atoms with van der Waals surface area (Å²) in [6, 6.07) is 14.3. The maximum atomic E-state index is 13.2. The van der Waals surface area contributed by atoms with Crippen LogP contribution in [0, 0.1) is 11.7 Å². The van der Waals surface area contributed by atoms with E-state index in [1.165, 1.54) is 30.5 Å². The molecule has 1 amide bonds. The summed E-state index contributed by atoms with van der Waals surface area (Å²) < 4.78 is 45.0. The molecular weight excluding hydrogens is 416 g/mol. The molecule has 0 unspecified atom stereocenters. The predicted octanol–water partition coefficient (Wildman–Crippen LogP) is 4.57. The maximum Gasteiger partial charge on any atom is 0.490 e. The van der Waals surface area contributed by atoms with E-state index in [0.29, 0.717) is 23.2 Å². The minimum atomic E-state index is -5.08. The molecule has 2 atom stereocenters. The molecule has 0 bridgehead atoms. The van der Waals surface area contributed by atoms with Crippen molar-refractivity contribution in [2.24, 2.45) is 5.92 Å². The summed E-state index contributed by atoms with van der Waals surface area (Å²) in [5.74, 6) is -1.93. The number of aliphatic carboxylic acids is 1. The molecule has 166 valence electrons. The smallest absolute Gasteiger partial charge is 0.475 e. The molecule has 0 aromatic heterocycles. The van der Waals surface area contributed by atoms with Crippen LogP contribution in [0.4, 0.5) is 23.2 Å². The van der Waals surface area contributed by atoms with Gasteiger partial charge in [0.15, 0.2) is 0 Å². The topological polar surface area (TPSA) is 78.4 Å². The predicted molar refractivity (Wildman–Crippen MR) is 106 cm³/mol. The van der Waals surface area contributed by atoms with E-state index < -0.39 is 12.1 Å². The highest BCUT2D eigenvalue weighted by atomic mass is 19.4. The van der Waals surface area contributed by atoms with Crippen molar-refractivity contribution in [3.63, 3.8) is 0 Å². The van der Waals surface area contributed by atoms with Gasteiger partial charge in [0, 0.05) is 23.2 Å². The normalized spacial score (nSPS) is 19.7. The molecule has 0 saturated heterocycles. The number of carboxylic acids is 1. The monoisotopic (exact) mass is 438 g/mol. The summed E-state index contributed by atoms with van der Waals surface area (Å²) in [5, 5.41) is 13.5. The fourth-order valence-electron chi connectivity index (χ4n) is 3.11. The van der Waals surface area contributed by atoms with Crippen molar-refractivity contribution in [2.75, 3.05) is 11.9 Å². The number of amides is 1. The third kappa shape index (κ3) is 7.06. The summed E-state index contributed by atoms with van der Waals surface area (Å²) in [6.07, 6.45) is -1.22. The molecule has 0 spiro atoms. The van der Waals surface area contributed by atoms with E-state index in [2.05, 4.69) is 16.7 Å². The van der Waals surface area contributed by atoms with Gasteiger partial charge < -0.3 is 15.7 Å². The van der Waals surface area contributed by atoms with Crippen molar-refractivity contribution >= 4 is 17.6 Å². The second kappa shape index (κ2) is 9.47. The fraction of sp³-hybridized carbons (Fsp3) is 0.364. The average molecular weight is 438 g/mol. The van der Waals surface area contributed by atoms with Gasteiger partial charge in [-0.1, -0.05) is 18.2 Å². The molecule has 4 rings (SSSR count). The van der Waals surface area contributed by atoms with Crippen LogP contribution in [-0.4, -0.2) is 35.7 Å². The second-order valence-electron chi connectivity index (χ2n) is 7.69. The Morgan fingerprint density at radius 2 is 1.74 bits per heavy atom. The molecule has 2 saturated carbocycles. The molecule has 2 aliphatic carbocycles. The van der Waals surface area contributed by atoms with Crippen LogP contribution in [0.2, 0.25) is 0 Å². The standard InChI is InChI=1S/C20H21FN2O.C2HF3O2/c21-16-5-2-6-17(10-16)23-20(24)15-4-1-3-14(9-15)18-11-19(18)22-12-13-7-8-13;3-2(4,5)1(6)7/h1-6,9-10,13,18-19,22H,7-8,11-12H2,(H,23,24);(H,6,7)/t18-,19+;/m0./s1. The summed E-state index contributed by atoms with van der Waals surface area (Å²) in [5.41, 5.74) is 2.29. The van der Waals surface area contributed by atoms with Gasteiger partial charge in [0.25, 0.3) is 5.91 Å². The third-order valence-electron chi connectivity index (χ3n) is 5.06. The second-order valence-corrected chi connectivity index (χ2v) is 7.69. The summed E-state index contributed by atoms with van der Waals surface area (Å²) in [4.78, 5) is 21.3. The Balaban J connectivity index is 0.000000339. The van der Waals surface area contributed by atoms with Gasteiger partial charge in [-0.2, -0.15) is 13.2 Å². The number of carboxylic acid groups (broad SMARTS) is 1. The van der Waals surface area contributed by atoms with E-state index in [0.717, 1.165) is 18.9 Å². The van der Waals surface area contributed by atoms with Gasteiger partial charge in [0.2, 0.25) is 0 Å². The number of halogens is 4. The lowest BCUT2D eigenvalue weighted by Crippen LogP contribution is -2.21. The first-order valence-corrected chi connectivity index (χ1v) is 9.84. The van der Waals surface area contributed by atoms with Gasteiger partial charge in [0.05, 0.1) is 0 Å². The van der Waals surface area contributed by atoms with Crippen molar-refractivity contribution in [3.8, 4) is 0 Å². The molecule has 2 aromatic rings. The number of carbonyl (C=O) groups excluding carboxylic acids is 1. The number of alkyl halides is 3. The highest BCUT2D eigenvalue weighted by Gasteiger charge is 2.39. The summed E-state index contributed by atoms with van der Waals surface area (Å²) in [7, 11) is 0. The van der Waals surface area contributed by atoms with E-state index in [1.807, 2.05) is 12.1 Å². The van der Waals surface area contributed by atoms with Crippen LogP contribution in [0.1, 0.15) is 41.1 Å². The van der Waals surface area contributed by atoms with Gasteiger partial charge >= 0.3 is 12.1 Å². The number of rotatable bonds is 6. The molecular formula is C22H22F4N2O3. The molecule has 2 aliphatic rings. The van der Waals surface area contributed by atoms with Gasteiger partial charge in [-0.3, -0.25) is 4.79 Å². The number of carbonyl (C=O) groups is 2. The quantitative estimate of drug-likeness (QED) is 0.578. The van der Waals surface area contributed by atoms with Crippen molar-refractivity contribution < 1.29 is 32.3 Å². The number of nitrogens with one attached hydrogen (secondary N) is 2. The van der Waals surface area contributed by atoms with Crippen LogP contribution in [0.15, 0.2) is 48.5 Å². The van der Waals surface area contributed by atoms with Crippen molar-refractivity contribution in [1.29, 1.82) is 0 Å². The van der Waals surface area contributed by atoms with Gasteiger partial charge in [-0.25, -0.2) is 9.18 Å². The van der Waals surface area contributed by atoms with Crippen LogP contribution in [0.25, 0.3) is 0 Å². The fourth-order valence-corrected chi connectivity index (χ4v) is 3.11. The van der Waals surface area contributed by atoms with E-state index in [-0.39, 0.29) is 11.7 Å². The van der Waals surface area contributed by atoms with Gasteiger partial charge in [0.1, 0.15) is 5.82 Å². The van der Waals surface area contributed by atoms with Crippen LogP contribution in [-0.2, 0) is 4.79 Å². The third-order valence-corrected chi connectivity index (χ3v) is 5.06. The average Bonchev–Trinajstić information content (AvgIpc) is 3.61. The minimum Gasteiger partial charge on any atom is -0.475 e. The Morgan fingerprint density at radius 3 is 2.35 bits per heavy atom. The van der Waals surface area contributed by atoms with E-state index in [1.54, 1.807) is 18.2 Å².